The van der Waals surface area contributed by atoms with Crippen LogP contribution in [-0.4, -0.2) is 83.3 Å². The molecule has 0 radical (unpaired) electrons. The molecule has 0 aromatic carbocycles. The van der Waals surface area contributed by atoms with Gasteiger partial charge in [0.15, 0.2) is 5.78 Å². The molecular formula is C27H44O8. The molecule has 0 aromatic heterocycles. The molecule has 8 nitrogen and oxygen atoms in total. The van der Waals surface area contributed by atoms with Gasteiger partial charge in [-0.25, -0.2) is 0 Å². The Balaban J connectivity index is 1.69. The number of rotatable bonds is 6. The van der Waals surface area contributed by atoms with E-state index in [1.165, 1.54) is 0 Å². The summed E-state index contributed by atoms with van der Waals surface area (Å²) in [5, 5.41) is 75.9. The first-order valence-corrected chi connectivity index (χ1v) is 13.1. The third-order valence-electron chi connectivity index (χ3n) is 10.6. The number of aliphatic hydroxyl groups is 7. The predicted molar refractivity (Wildman–Crippen MR) is 128 cm³/mol. The van der Waals surface area contributed by atoms with Gasteiger partial charge in [0.2, 0.25) is 0 Å². The molecule has 0 aliphatic heterocycles. The molecule has 0 saturated heterocycles. The van der Waals surface area contributed by atoms with Gasteiger partial charge in [-0.2, -0.15) is 0 Å². The fraction of sp³-hybridized carbons (Fsp3) is 0.889. The molecule has 3 fully saturated rings. The van der Waals surface area contributed by atoms with E-state index in [-0.39, 0.29) is 43.8 Å². The lowest BCUT2D eigenvalue weighted by molar-refractivity contribution is -0.195. The standard InChI is InChI=1S/C27H44O8/c1-23(2,33)8-7-22(32)26(34,14-28)21-6-10-27(35)16-11-18(29)17-12-19(30)20(31)13-24(17,3)15(16)5-9-25(21,27)4/h11,15,17,19-22,28,30-35H,5-10,12-14H2,1-4H3/t15-,17-,19+,20-,21-,22+,24+,25+,26+,27+/m0/s1. The van der Waals surface area contributed by atoms with Crippen molar-refractivity contribution in [3.8, 4) is 0 Å². The van der Waals surface area contributed by atoms with Gasteiger partial charge in [-0.1, -0.05) is 13.8 Å². The van der Waals surface area contributed by atoms with Gasteiger partial charge in [0, 0.05) is 17.3 Å². The van der Waals surface area contributed by atoms with E-state index in [1.807, 2.05) is 13.8 Å². The van der Waals surface area contributed by atoms with Crippen molar-refractivity contribution < 1.29 is 40.5 Å². The molecule has 35 heavy (non-hydrogen) atoms. The Hall–Kier alpha value is -0.870. The summed E-state index contributed by atoms with van der Waals surface area (Å²) >= 11 is 0. The number of allylic oxidation sites excluding steroid dienone is 1. The van der Waals surface area contributed by atoms with Crippen molar-refractivity contribution in [1.82, 2.24) is 0 Å². The van der Waals surface area contributed by atoms with Crippen molar-refractivity contribution in [3.63, 3.8) is 0 Å². The van der Waals surface area contributed by atoms with E-state index >= 15 is 0 Å². The molecular weight excluding hydrogens is 452 g/mol. The minimum Gasteiger partial charge on any atom is -0.393 e. The van der Waals surface area contributed by atoms with Crippen LogP contribution >= 0.6 is 0 Å². The second kappa shape index (κ2) is 8.58. The Morgan fingerprint density at radius 3 is 2.34 bits per heavy atom. The van der Waals surface area contributed by atoms with Gasteiger partial charge >= 0.3 is 0 Å². The number of hydrogen-bond donors (Lipinski definition) is 7. The predicted octanol–water partition coefficient (Wildman–Crippen LogP) is 0.826. The van der Waals surface area contributed by atoms with Gasteiger partial charge < -0.3 is 35.7 Å². The van der Waals surface area contributed by atoms with E-state index in [9.17, 15) is 40.5 Å². The van der Waals surface area contributed by atoms with Crippen LogP contribution < -0.4 is 0 Å². The van der Waals surface area contributed by atoms with E-state index in [4.69, 9.17) is 0 Å². The number of ketones is 1. The molecule has 4 aliphatic rings. The summed E-state index contributed by atoms with van der Waals surface area (Å²) in [6.45, 7) is 6.42. The summed E-state index contributed by atoms with van der Waals surface area (Å²) in [4.78, 5) is 13.3. The Morgan fingerprint density at radius 2 is 1.74 bits per heavy atom. The van der Waals surface area contributed by atoms with Crippen LogP contribution in [0.4, 0.5) is 0 Å². The summed E-state index contributed by atoms with van der Waals surface area (Å²) in [6, 6.07) is 0. The average Bonchev–Trinajstić information content (AvgIpc) is 3.05. The van der Waals surface area contributed by atoms with Crippen LogP contribution in [0.15, 0.2) is 11.6 Å². The fourth-order valence-electron chi connectivity index (χ4n) is 8.36. The molecule has 0 bridgehead atoms. The van der Waals surface area contributed by atoms with Crippen molar-refractivity contribution in [2.75, 3.05) is 6.61 Å². The molecule has 7 N–H and O–H groups in total. The fourth-order valence-corrected chi connectivity index (χ4v) is 8.36. The maximum absolute atomic E-state index is 13.3. The highest BCUT2D eigenvalue weighted by Gasteiger charge is 2.69. The lowest BCUT2D eigenvalue weighted by Gasteiger charge is -2.60. The third-order valence-corrected chi connectivity index (χ3v) is 10.6. The molecule has 0 spiro atoms. The van der Waals surface area contributed by atoms with Crippen LogP contribution in [0.25, 0.3) is 0 Å². The molecule has 8 heteroatoms. The molecule has 0 unspecified atom stereocenters. The van der Waals surface area contributed by atoms with Gasteiger partial charge in [-0.3, -0.25) is 4.79 Å². The number of fused-ring (bicyclic) bond motifs is 5. The molecule has 0 aromatic rings. The molecule has 4 aliphatic carbocycles. The lowest BCUT2D eigenvalue weighted by atomic mass is 9.45. The molecule has 10 atom stereocenters. The van der Waals surface area contributed by atoms with Crippen LogP contribution in [0.3, 0.4) is 0 Å². The normalized spacial score (nSPS) is 46.2. The monoisotopic (exact) mass is 496 g/mol. The maximum Gasteiger partial charge on any atom is 0.159 e. The largest absolute Gasteiger partial charge is 0.393 e. The summed E-state index contributed by atoms with van der Waals surface area (Å²) in [6.07, 6.45) is 1.000. The third kappa shape index (κ3) is 3.95. The van der Waals surface area contributed by atoms with Gasteiger partial charge in [-0.05, 0) is 88.2 Å². The minimum atomic E-state index is -1.87. The molecule has 200 valence electrons. The van der Waals surface area contributed by atoms with Crippen molar-refractivity contribution >= 4 is 5.78 Å². The zero-order chi connectivity index (χ0) is 26.2. The lowest BCUT2D eigenvalue weighted by Crippen LogP contribution is -2.64. The number of aliphatic hydroxyl groups excluding tert-OH is 4. The second-order valence-corrected chi connectivity index (χ2v) is 13.1. The van der Waals surface area contributed by atoms with Crippen LogP contribution in [0.2, 0.25) is 0 Å². The number of carbonyl (C=O) groups is 1. The maximum atomic E-state index is 13.3. The first-order chi connectivity index (χ1) is 16.0. The second-order valence-electron chi connectivity index (χ2n) is 13.1. The summed E-state index contributed by atoms with van der Waals surface area (Å²) < 4.78 is 0. The van der Waals surface area contributed by atoms with E-state index in [0.717, 1.165) is 0 Å². The Bertz CT molecular complexity index is 881. The number of hydrogen-bond acceptors (Lipinski definition) is 8. The first-order valence-electron chi connectivity index (χ1n) is 13.1. The van der Waals surface area contributed by atoms with Crippen LogP contribution in [-0.2, 0) is 4.79 Å². The Kier molecular flexibility index (Phi) is 6.66. The summed E-state index contributed by atoms with van der Waals surface area (Å²) in [7, 11) is 0. The van der Waals surface area contributed by atoms with Crippen molar-refractivity contribution in [1.29, 1.82) is 0 Å². The van der Waals surface area contributed by atoms with Crippen molar-refractivity contribution in [3.05, 3.63) is 11.6 Å². The van der Waals surface area contributed by atoms with E-state index in [0.29, 0.717) is 24.8 Å². The smallest absolute Gasteiger partial charge is 0.159 e. The quantitative estimate of drug-likeness (QED) is 0.285. The molecule has 0 heterocycles. The van der Waals surface area contributed by atoms with Crippen LogP contribution in [0.1, 0.15) is 79.1 Å². The van der Waals surface area contributed by atoms with E-state index < -0.39 is 64.4 Å². The zero-order valence-corrected chi connectivity index (χ0v) is 21.4. The van der Waals surface area contributed by atoms with Crippen molar-refractivity contribution in [2.24, 2.45) is 28.6 Å². The Labute approximate surface area is 207 Å². The number of carbonyl (C=O) groups excluding carboxylic acids is 1. The molecule has 3 saturated carbocycles. The first kappa shape index (κ1) is 27.2. The highest BCUT2D eigenvalue weighted by atomic mass is 16.4. The van der Waals surface area contributed by atoms with E-state index in [2.05, 4.69) is 0 Å². The van der Waals surface area contributed by atoms with E-state index in [1.54, 1.807) is 19.9 Å². The van der Waals surface area contributed by atoms with Gasteiger partial charge in [-0.15, -0.1) is 0 Å². The van der Waals surface area contributed by atoms with Gasteiger partial charge in [0.05, 0.1) is 36.1 Å². The summed E-state index contributed by atoms with van der Waals surface area (Å²) in [5.74, 6) is -1.33. The van der Waals surface area contributed by atoms with Crippen LogP contribution in [0, 0.1) is 28.6 Å². The summed E-state index contributed by atoms with van der Waals surface area (Å²) in [5.41, 5.74) is -5.15. The SMILES string of the molecule is CC(C)(O)CC[C@@H](O)[C@@](O)(CO)[C@H]1CC[C@@]2(O)C3=CC(=O)[C@@H]4C[C@@H](O)[C@@H](O)C[C@]4(C)[C@H]3CC[C@]12C. The highest BCUT2D eigenvalue weighted by Crippen LogP contribution is 2.68. The highest BCUT2D eigenvalue weighted by molar-refractivity contribution is 5.95. The zero-order valence-electron chi connectivity index (χ0n) is 21.4. The van der Waals surface area contributed by atoms with Gasteiger partial charge in [0.1, 0.15) is 5.60 Å². The molecule has 0 amide bonds. The van der Waals surface area contributed by atoms with Gasteiger partial charge in [0.25, 0.3) is 0 Å². The topological polar surface area (TPSA) is 159 Å². The van der Waals surface area contributed by atoms with Crippen LogP contribution in [0.5, 0.6) is 0 Å². The molecule has 4 rings (SSSR count). The average molecular weight is 497 g/mol. The minimum absolute atomic E-state index is 0.0926. The van der Waals surface area contributed by atoms with Crippen molar-refractivity contribution in [2.45, 2.75) is 114 Å². The Morgan fingerprint density at radius 1 is 1.09 bits per heavy atom.